The van der Waals surface area contributed by atoms with Gasteiger partial charge in [-0.3, -0.25) is 19.4 Å². The molecule has 58 heavy (non-hydrogen) atoms. The van der Waals surface area contributed by atoms with E-state index in [0.717, 1.165) is 108 Å². The molecule has 8 rings (SSSR count). The van der Waals surface area contributed by atoms with Gasteiger partial charge >= 0.3 is 0 Å². The molecule has 2 amide bonds. The maximum absolute atomic E-state index is 14.1. The number of carbonyl (C=O) groups is 2. The van der Waals surface area contributed by atoms with Gasteiger partial charge in [-0.2, -0.15) is 0 Å². The molecule has 298 valence electrons. The van der Waals surface area contributed by atoms with Crippen LogP contribution in [0.4, 0.5) is 0 Å². The average molecular weight is 775 g/mol. The van der Waals surface area contributed by atoms with Gasteiger partial charge in [-0.25, -0.2) is 9.97 Å². The Morgan fingerprint density at radius 1 is 0.586 bits per heavy atom. The van der Waals surface area contributed by atoms with Gasteiger partial charge in [0.25, 0.3) is 0 Å². The van der Waals surface area contributed by atoms with Crippen molar-refractivity contribution in [3.05, 3.63) is 144 Å². The Balaban J connectivity index is 0.932. The number of nitrogens with one attached hydrogen (secondary N) is 2. The van der Waals surface area contributed by atoms with E-state index in [0.29, 0.717) is 0 Å². The molecular weight excluding hydrogens is 721 g/mol. The number of likely N-dealkylation sites (N-methyl/N-ethyl adjacent to an activating group) is 2. The molecule has 2 unspecified atom stereocenters. The Hall–Kier alpha value is -5.84. The number of H-pyrrole nitrogens is 2. The van der Waals surface area contributed by atoms with Crippen LogP contribution in [0.3, 0.4) is 0 Å². The SMILES string of the molecule is CCN(C)C(C(=O)N1CCC[C@H]1c1ncc(-c2ccc(-c3ccc(-c4cnc([C@@H]5CCCN5C(=O)C(c5ccccc5)N(C)CC)[nH]4)cc3)cc2)[nH]1)c1ccccc1. The number of benzene rings is 4. The number of aromatic amines is 2. The summed E-state index contributed by atoms with van der Waals surface area (Å²) in [6, 6.07) is 36.4. The second-order valence-electron chi connectivity index (χ2n) is 15.7. The van der Waals surface area contributed by atoms with E-state index in [4.69, 9.17) is 9.97 Å². The van der Waals surface area contributed by atoms with Gasteiger partial charge in [0.1, 0.15) is 23.7 Å². The molecule has 2 aromatic heterocycles. The molecule has 0 saturated carbocycles. The number of amides is 2. The van der Waals surface area contributed by atoms with E-state index in [9.17, 15) is 9.59 Å². The van der Waals surface area contributed by atoms with Crippen LogP contribution in [0.2, 0.25) is 0 Å². The van der Waals surface area contributed by atoms with Crippen LogP contribution in [-0.4, -0.2) is 91.6 Å². The van der Waals surface area contributed by atoms with Gasteiger partial charge in [0.05, 0.1) is 35.9 Å². The number of carbonyl (C=O) groups excluding carboxylic acids is 2. The fourth-order valence-electron chi connectivity index (χ4n) is 8.74. The quantitative estimate of drug-likeness (QED) is 0.122. The summed E-state index contributed by atoms with van der Waals surface area (Å²) < 4.78 is 0. The molecule has 2 fully saturated rings. The van der Waals surface area contributed by atoms with E-state index >= 15 is 0 Å². The van der Waals surface area contributed by atoms with Gasteiger partial charge in [0.2, 0.25) is 11.8 Å². The Kier molecular flexibility index (Phi) is 11.7. The van der Waals surface area contributed by atoms with Gasteiger partial charge < -0.3 is 19.8 Å². The molecule has 0 radical (unpaired) electrons. The monoisotopic (exact) mass is 774 g/mol. The summed E-state index contributed by atoms with van der Waals surface area (Å²) in [5.74, 6) is 1.92. The molecule has 2 saturated heterocycles. The van der Waals surface area contributed by atoms with Crippen molar-refractivity contribution in [1.82, 2.24) is 39.5 Å². The molecule has 0 aliphatic carbocycles. The van der Waals surface area contributed by atoms with E-state index in [1.165, 1.54) is 0 Å². The van der Waals surface area contributed by atoms with Crippen molar-refractivity contribution in [2.45, 2.75) is 63.7 Å². The molecular formula is C48H54N8O2. The molecule has 4 aromatic carbocycles. The maximum atomic E-state index is 14.1. The number of rotatable bonds is 13. The molecule has 10 heteroatoms. The van der Waals surface area contributed by atoms with Gasteiger partial charge in [-0.05, 0) is 86.2 Å². The molecule has 6 aromatic rings. The number of likely N-dealkylation sites (tertiary alicyclic amines) is 2. The zero-order chi connectivity index (χ0) is 40.2. The third-order valence-corrected chi connectivity index (χ3v) is 12.2. The van der Waals surface area contributed by atoms with Crippen molar-refractivity contribution < 1.29 is 9.59 Å². The summed E-state index contributed by atoms with van der Waals surface area (Å²) >= 11 is 0. The van der Waals surface area contributed by atoms with Crippen LogP contribution in [0, 0.1) is 0 Å². The van der Waals surface area contributed by atoms with Crippen LogP contribution in [0.15, 0.2) is 122 Å². The first-order valence-corrected chi connectivity index (χ1v) is 20.8. The molecule has 10 nitrogen and oxygen atoms in total. The van der Waals surface area contributed by atoms with Crippen molar-refractivity contribution in [3.8, 4) is 33.6 Å². The van der Waals surface area contributed by atoms with E-state index in [2.05, 4.69) is 82.1 Å². The van der Waals surface area contributed by atoms with Crippen LogP contribution in [0.25, 0.3) is 33.6 Å². The molecule has 4 atom stereocenters. The van der Waals surface area contributed by atoms with E-state index in [1.54, 1.807) is 0 Å². The molecule has 2 aliphatic heterocycles. The first-order chi connectivity index (χ1) is 28.3. The van der Waals surface area contributed by atoms with Crippen LogP contribution in [-0.2, 0) is 9.59 Å². The summed E-state index contributed by atoms with van der Waals surface area (Å²) in [6.07, 6.45) is 7.44. The highest BCUT2D eigenvalue weighted by Crippen LogP contribution is 2.37. The molecule has 2 N–H and O–H groups in total. The lowest BCUT2D eigenvalue weighted by molar-refractivity contribution is -0.138. The highest BCUT2D eigenvalue weighted by atomic mass is 16.2. The normalized spacial score (nSPS) is 18.0. The summed E-state index contributed by atoms with van der Waals surface area (Å²) in [4.78, 5) is 53.2. The number of imidazole rings is 2. The molecule has 0 bridgehead atoms. The van der Waals surface area contributed by atoms with Crippen molar-refractivity contribution in [2.24, 2.45) is 0 Å². The smallest absolute Gasteiger partial charge is 0.245 e. The lowest BCUT2D eigenvalue weighted by Crippen LogP contribution is -2.41. The Morgan fingerprint density at radius 2 is 0.948 bits per heavy atom. The Bertz CT molecular complexity index is 2120. The fraction of sp³-hybridized carbons (Fsp3) is 0.333. The maximum Gasteiger partial charge on any atom is 0.245 e. The minimum absolute atomic E-state index is 0.0825. The molecule has 0 spiro atoms. The van der Waals surface area contributed by atoms with Crippen molar-refractivity contribution in [2.75, 3.05) is 40.3 Å². The summed E-state index contributed by atoms with van der Waals surface area (Å²) in [5.41, 5.74) is 8.23. The first kappa shape index (κ1) is 39.0. The van der Waals surface area contributed by atoms with E-state index < -0.39 is 0 Å². The van der Waals surface area contributed by atoms with Crippen LogP contribution < -0.4 is 0 Å². The van der Waals surface area contributed by atoms with Gasteiger partial charge in [-0.15, -0.1) is 0 Å². The fourth-order valence-corrected chi connectivity index (χ4v) is 8.74. The minimum atomic E-state index is -0.328. The van der Waals surface area contributed by atoms with Crippen LogP contribution >= 0.6 is 0 Å². The predicted molar refractivity (Wildman–Crippen MR) is 229 cm³/mol. The number of hydrogen-bond donors (Lipinski definition) is 2. The number of nitrogens with zero attached hydrogens (tertiary/aromatic N) is 6. The predicted octanol–water partition coefficient (Wildman–Crippen LogP) is 8.85. The van der Waals surface area contributed by atoms with Crippen LogP contribution in [0.1, 0.15) is 86.5 Å². The van der Waals surface area contributed by atoms with Crippen molar-refractivity contribution in [3.63, 3.8) is 0 Å². The van der Waals surface area contributed by atoms with Gasteiger partial charge in [0.15, 0.2) is 0 Å². The zero-order valence-electron chi connectivity index (χ0n) is 34.0. The number of hydrogen-bond acceptors (Lipinski definition) is 6. The summed E-state index contributed by atoms with van der Waals surface area (Å²) in [5, 5.41) is 0. The van der Waals surface area contributed by atoms with E-state index in [1.807, 2.05) is 97.0 Å². The topological polar surface area (TPSA) is 104 Å². The lowest BCUT2D eigenvalue weighted by Gasteiger charge is -2.32. The van der Waals surface area contributed by atoms with Crippen molar-refractivity contribution in [1.29, 1.82) is 0 Å². The zero-order valence-corrected chi connectivity index (χ0v) is 34.0. The first-order valence-electron chi connectivity index (χ1n) is 20.8. The highest BCUT2D eigenvalue weighted by Gasteiger charge is 2.39. The standard InChI is InChI=1S/C48H54N8O2/c1-5-53(3)43(37-15-9-7-10-16-37)47(57)55-29-13-19-41(55)45-49-31-39(51-45)35-25-21-33(22-26-35)34-23-27-36(28-24-34)40-32-50-46(52-40)42-20-14-30-56(42)48(58)44(54(4)6-2)38-17-11-8-12-18-38/h7-12,15-18,21-28,31-32,41-44H,5-6,13-14,19-20,29-30H2,1-4H3,(H,49,51)(H,50,52)/t41-,42-,43?,44?/m0/s1. The largest absolute Gasteiger partial charge is 0.340 e. The van der Waals surface area contributed by atoms with Crippen LogP contribution in [0.5, 0.6) is 0 Å². The Morgan fingerprint density at radius 3 is 1.31 bits per heavy atom. The van der Waals surface area contributed by atoms with E-state index in [-0.39, 0.29) is 36.0 Å². The van der Waals surface area contributed by atoms with Gasteiger partial charge in [0, 0.05) is 13.1 Å². The summed E-state index contributed by atoms with van der Waals surface area (Å²) in [7, 11) is 4.03. The van der Waals surface area contributed by atoms with Gasteiger partial charge in [-0.1, -0.05) is 123 Å². The second-order valence-corrected chi connectivity index (χ2v) is 15.7. The highest BCUT2D eigenvalue weighted by molar-refractivity contribution is 5.85. The lowest BCUT2D eigenvalue weighted by atomic mass is 10.0. The second kappa shape index (κ2) is 17.3. The number of aromatic nitrogens is 4. The summed E-state index contributed by atoms with van der Waals surface area (Å²) in [6.45, 7) is 7.18. The van der Waals surface area contributed by atoms with Crippen molar-refractivity contribution >= 4 is 11.8 Å². The minimum Gasteiger partial charge on any atom is -0.340 e. The molecule has 2 aliphatic rings. The molecule has 4 heterocycles. The third-order valence-electron chi connectivity index (χ3n) is 12.2. The average Bonchev–Trinajstić information content (AvgIpc) is 4.12. The Labute approximate surface area is 341 Å². The third kappa shape index (κ3) is 7.86.